The Morgan fingerprint density at radius 1 is 1.29 bits per heavy atom. The fourth-order valence-corrected chi connectivity index (χ4v) is 4.08. The van der Waals surface area contributed by atoms with Gasteiger partial charge in [-0.2, -0.15) is 11.3 Å². The SMILES string of the molecule is Cc1cscc1CNS(=O)(=O)c1ccc(C(N)=S)c(C)c1. The van der Waals surface area contributed by atoms with Gasteiger partial charge < -0.3 is 5.73 Å². The van der Waals surface area contributed by atoms with Gasteiger partial charge in [0.2, 0.25) is 10.0 Å². The Hall–Kier alpha value is -1.28. The van der Waals surface area contributed by atoms with Gasteiger partial charge in [-0.15, -0.1) is 0 Å². The molecule has 0 aliphatic rings. The van der Waals surface area contributed by atoms with Gasteiger partial charge in [-0.3, -0.25) is 0 Å². The Morgan fingerprint density at radius 2 is 2.00 bits per heavy atom. The molecule has 0 amide bonds. The second-order valence-corrected chi connectivity index (χ2v) is 7.70. The molecule has 0 bridgehead atoms. The summed E-state index contributed by atoms with van der Waals surface area (Å²) in [7, 11) is -3.55. The summed E-state index contributed by atoms with van der Waals surface area (Å²) in [6.07, 6.45) is 0. The Morgan fingerprint density at radius 3 is 2.52 bits per heavy atom. The molecular weight excluding hydrogens is 324 g/mol. The molecule has 4 nitrogen and oxygen atoms in total. The molecule has 0 aliphatic heterocycles. The van der Waals surface area contributed by atoms with E-state index in [1.54, 1.807) is 30.4 Å². The summed E-state index contributed by atoms with van der Waals surface area (Å²) in [5.41, 5.74) is 9.09. The first-order valence-corrected chi connectivity index (χ1v) is 9.06. The van der Waals surface area contributed by atoms with Crippen molar-refractivity contribution in [3.05, 3.63) is 51.2 Å². The van der Waals surface area contributed by atoms with Crippen LogP contribution in [0.1, 0.15) is 22.3 Å². The lowest BCUT2D eigenvalue weighted by molar-refractivity contribution is 0.581. The van der Waals surface area contributed by atoms with E-state index in [1.165, 1.54) is 6.07 Å². The van der Waals surface area contributed by atoms with Crippen molar-refractivity contribution in [2.24, 2.45) is 5.73 Å². The van der Waals surface area contributed by atoms with E-state index in [2.05, 4.69) is 4.72 Å². The number of hydrogen-bond donors (Lipinski definition) is 2. The molecule has 1 heterocycles. The number of thiocarbonyl (C=S) groups is 1. The molecule has 1 aromatic heterocycles. The first-order chi connectivity index (χ1) is 9.81. The van der Waals surface area contributed by atoms with E-state index in [-0.39, 0.29) is 16.4 Å². The molecular formula is C14H16N2O2S3. The molecule has 7 heteroatoms. The molecule has 0 radical (unpaired) electrons. The summed E-state index contributed by atoms with van der Waals surface area (Å²) >= 11 is 6.48. The zero-order valence-corrected chi connectivity index (χ0v) is 14.2. The summed E-state index contributed by atoms with van der Waals surface area (Å²) in [5, 5.41) is 3.93. The molecule has 0 aliphatic carbocycles. The third kappa shape index (κ3) is 3.68. The second kappa shape index (κ2) is 6.23. The van der Waals surface area contributed by atoms with Crippen LogP contribution in [0.4, 0.5) is 0 Å². The van der Waals surface area contributed by atoms with Crippen LogP contribution in [0.25, 0.3) is 0 Å². The number of sulfonamides is 1. The molecule has 0 saturated carbocycles. The van der Waals surface area contributed by atoms with Crippen molar-refractivity contribution in [2.45, 2.75) is 25.3 Å². The number of aryl methyl sites for hydroxylation is 2. The van der Waals surface area contributed by atoms with Crippen molar-refractivity contribution < 1.29 is 8.42 Å². The Kier molecular flexibility index (Phi) is 4.77. The van der Waals surface area contributed by atoms with Crippen molar-refractivity contribution >= 4 is 38.6 Å². The predicted molar refractivity (Wildman–Crippen MR) is 90.1 cm³/mol. The zero-order valence-electron chi connectivity index (χ0n) is 11.7. The number of nitrogens with one attached hydrogen (secondary N) is 1. The number of thiophene rings is 1. The van der Waals surface area contributed by atoms with Gasteiger partial charge in [-0.05, 0) is 53.4 Å². The molecule has 2 aromatic rings. The monoisotopic (exact) mass is 340 g/mol. The van der Waals surface area contributed by atoms with Gasteiger partial charge in [0.05, 0.1) is 4.90 Å². The minimum Gasteiger partial charge on any atom is -0.389 e. The van der Waals surface area contributed by atoms with E-state index in [1.807, 2.05) is 17.7 Å². The molecule has 21 heavy (non-hydrogen) atoms. The van der Waals surface area contributed by atoms with Gasteiger partial charge in [0.25, 0.3) is 0 Å². The first kappa shape index (κ1) is 16.1. The molecule has 0 atom stereocenters. The Labute approximate surface area is 134 Å². The van der Waals surface area contributed by atoms with E-state index < -0.39 is 10.0 Å². The third-order valence-corrected chi connectivity index (χ3v) is 5.72. The van der Waals surface area contributed by atoms with E-state index in [0.717, 1.165) is 16.7 Å². The van der Waals surface area contributed by atoms with Crippen molar-refractivity contribution in [1.29, 1.82) is 0 Å². The number of rotatable bonds is 5. The van der Waals surface area contributed by atoms with Crippen LogP contribution in [-0.4, -0.2) is 13.4 Å². The third-order valence-electron chi connectivity index (χ3n) is 3.19. The van der Waals surface area contributed by atoms with Gasteiger partial charge in [-0.1, -0.05) is 18.3 Å². The van der Waals surface area contributed by atoms with Crippen LogP contribution >= 0.6 is 23.6 Å². The highest BCUT2D eigenvalue weighted by Crippen LogP contribution is 2.17. The molecule has 2 rings (SSSR count). The maximum Gasteiger partial charge on any atom is 0.240 e. The van der Waals surface area contributed by atoms with Crippen LogP contribution in [-0.2, 0) is 16.6 Å². The van der Waals surface area contributed by atoms with Crippen LogP contribution in [0.2, 0.25) is 0 Å². The van der Waals surface area contributed by atoms with Gasteiger partial charge >= 0.3 is 0 Å². The van der Waals surface area contributed by atoms with Gasteiger partial charge in [-0.25, -0.2) is 13.1 Å². The summed E-state index contributed by atoms with van der Waals surface area (Å²) in [6, 6.07) is 4.74. The summed E-state index contributed by atoms with van der Waals surface area (Å²) < 4.78 is 27.2. The minimum atomic E-state index is -3.55. The lowest BCUT2D eigenvalue weighted by Crippen LogP contribution is -2.23. The highest BCUT2D eigenvalue weighted by atomic mass is 32.2. The van der Waals surface area contributed by atoms with E-state index in [4.69, 9.17) is 18.0 Å². The molecule has 3 N–H and O–H groups in total. The zero-order chi connectivity index (χ0) is 15.6. The van der Waals surface area contributed by atoms with Crippen LogP contribution in [0.3, 0.4) is 0 Å². The van der Waals surface area contributed by atoms with Crippen LogP contribution in [0.15, 0.2) is 33.9 Å². The van der Waals surface area contributed by atoms with Crippen LogP contribution in [0, 0.1) is 13.8 Å². The molecule has 1 aromatic carbocycles. The molecule has 112 valence electrons. The lowest BCUT2D eigenvalue weighted by Gasteiger charge is -2.09. The summed E-state index contributed by atoms with van der Waals surface area (Å²) in [6.45, 7) is 4.03. The average molecular weight is 340 g/mol. The minimum absolute atomic E-state index is 0.216. The molecule has 0 saturated heterocycles. The molecule has 0 spiro atoms. The van der Waals surface area contributed by atoms with Gasteiger partial charge in [0.1, 0.15) is 4.99 Å². The fourth-order valence-electron chi connectivity index (χ4n) is 1.90. The summed E-state index contributed by atoms with van der Waals surface area (Å²) in [5.74, 6) is 0. The Bertz CT molecular complexity index is 779. The van der Waals surface area contributed by atoms with Crippen molar-refractivity contribution in [3.63, 3.8) is 0 Å². The van der Waals surface area contributed by atoms with Gasteiger partial charge in [0, 0.05) is 12.1 Å². The second-order valence-electron chi connectivity index (χ2n) is 4.75. The largest absolute Gasteiger partial charge is 0.389 e. The predicted octanol–water partition coefficient (Wildman–Crippen LogP) is 2.48. The topological polar surface area (TPSA) is 72.2 Å². The molecule has 0 unspecified atom stereocenters. The fraction of sp³-hybridized carbons (Fsp3) is 0.214. The Balaban J connectivity index is 2.22. The maximum absolute atomic E-state index is 12.3. The van der Waals surface area contributed by atoms with Gasteiger partial charge in [0.15, 0.2) is 0 Å². The number of hydrogen-bond acceptors (Lipinski definition) is 4. The molecule has 0 fully saturated rings. The average Bonchev–Trinajstić information content (AvgIpc) is 2.81. The van der Waals surface area contributed by atoms with E-state index in [9.17, 15) is 8.42 Å². The van der Waals surface area contributed by atoms with E-state index in [0.29, 0.717) is 5.56 Å². The first-order valence-electron chi connectivity index (χ1n) is 6.23. The number of nitrogens with two attached hydrogens (primary N) is 1. The highest BCUT2D eigenvalue weighted by molar-refractivity contribution is 7.89. The van der Waals surface area contributed by atoms with Crippen LogP contribution in [0.5, 0.6) is 0 Å². The van der Waals surface area contributed by atoms with Crippen molar-refractivity contribution in [2.75, 3.05) is 0 Å². The summed E-state index contributed by atoms with van der Waals surface area (Å²) in [4.78, 5) is 0.478. The highest BCUT2D eigenvalue weighted by Gasteiger charge is 2.16. The van der Waals surface area contributed by atoms with Crippen molar-refractivity contribution in [3.8, 4) is 0 Å². The van der Waals surface area contributed by atoms with E-state index >= 15 is 0 Å². The maximum atomic E-state index is 12.3. The normalized spacial score (nSPS) is 11.5. The standard InChI is InChI=1S/C14H16N2O2S3/c1-9-5-12(3-4-13(9)14(15)19)21(17,18)16-6-11-8-20-7-10(11)2/h3-5,7-8,16H,6H2,1-2H3,(H2,15,19). The lowest BCUT2D eigenvalue weighted by atomic mass is 10.1. The van der Waals surface area contributed by atoms with Crippen LogP contribution < -0.4 is 10.5 Å². The smallest absolute Gasteiger partial charge is 0.240 e. The number of benzene rings is 1. The van der Waals surface area contributed by atoms with Crippen molar-refractivity contribution in [1.82, 2.24) is 4.72 Å². The quantitative estimate of drug-likeness (QED) is 0.820.